The molecule has 0 aromatic heterocycles. The average molecular weight is 328 g/mol. The summed E-state index contributed by atoms with van der Waals surface area (Å²) in [5.74, 6) is -0.176. The molecule has 0 spiro atoms. The van der Waals surface area contributed by atoms with Crippen LogP contribution in [0.15, 0.2) is 24.3 Å². The lowest BCUT2D eigenvalue weighted by atomic mass is 9.97. The summed E-state index contributed by atoms with van der Waals surface area (Å²) < 4.78 is 11.0. The third kappa shape index (κ3) is 2.69. The fourth-order valence-electron chi connectivity index (χ4n) is 2.89. The Morgan fingerprint density at radius 1 is 1.04 bits per heavy atom. The molecule has 0 unspecified atom stereocenters. The maximum atomic E-state index is 12.3. The molecule has 24 heavy (non-hydrogen) atoms. The average Bonchev–Trinajstić information content (AvgIpc) is 2.89. The van der Waals surface area contributed by atoms with Crippen LogP contribution >= 0.6 is 0 Å². The van der Waals surface area contributed by atoms with Gasteiger partial charge in [0, 0.05) is 19.0 Å². The van der Waals surface area contributed by atoms with Crippen LogP contribution in [0.5, 0.6) is 5.75 Å². The number of methoxy groups -OCH3 is 1. The van der Waals surface area contributed by atoms with Crippen LogP contribution in [-0.4, -0.2) is 38.7 Å². The van der Waals surface area contributed by atoms with E-state index in [1.54, 1.807) is 7.11 Å². The van der Waals surface area contributed by atoms with E-state index in [0.29, 0.717) is 47.7 Å². The lowest BCUT2D eigenvalue weighted by Crippen LogP contribution is -2.20. The molecule has 2 aromatic rings. The molecule has 0 saturated heterocycles. The van der Waals surface area contributed by atoms with Crippen molar-refractivity contribution in [3.8, 4) is 5.75 Å². The van der Waals surface area contributed by atoms with Crippen LogP contribution in [0.1, 0.15) is 34.1 Å². The first-order valence-corrected chi connectivity index (χ1v) is 7.99. The summed E-state index contributed by atoms with van der Waals surface area (Å²) in [6, 6.07) is 7.46. The lowest BCUT2D eigenvalue weighted by Gasteiger charge is -2.18. The third-order valence-electron chi connectivity index (χ3n) is 3.93. The number of carbonyl (C=O) groups is 2. The van der Waals surface area contributed by atoms with E-state index in [4.69, 9.17) is 9.47 Å². The number of amides is 2. The largest absolute Gasteiger partial charge is 0.488 e. The smallest absolute Gasteiger partial charge is 0.261 e. The molecular weight excluding hydrogens is 308 g/mol. The molecule has 6 nitrogen and oxygen atoms in total. The van der Waals surface area contributed by atoms with Crippen molar-refractivity contribution in [2.24, 2.45) is 0 Å². The number of ether oxygens (including phenoxy) is 2. The predicted molar refractivity (Wildman–Crippen MR) is 91.9 cm³/mol. The first kappa shape index (κ1) is 16.3. The molecule has 126 valence electrons. The second-order valence-corrected chi connectivity index (χ2v) is 5.55. The molecule has 0 radical (unpaired) electrons. The molecule has 0 aliphatic carbocycles. The summed E-state index contributed by atoms with van der Waals surface area (Å²) in [5, 5.41) is 7.16. The van der Waals surface area contributed by atoms with Crippen molar-refractivity contribution < 1.29 is 19.1 Å². The van der Waals surface area contributed by atoms with Crippen LogP contribution in [0.25, 0.3) is 10.8 Å². The van der Waals surface area contributed by atoms with E-state index < -0.39 is 5.91 Å². The fourth-order valence-corrected chi connectivity index (χ4v) is 2.89. The quantitative estimate of drug-likeness (QED) is 0.603. The first-order chi connectivity index (χ1) is 11.7. The molecule has 1 aliphatic heterocycles. The lowest BCUT2D eigenvalue weighted by molar-refractivity contribution is 0.0880. The van der Waals surface area contributed by atoms with E-state index in [9.17, 15) is 9.59 Å². The Balaban J connectivity index is 2.25. The van der Waals surface area contributed by atoms with Crippen LogP contribution in [0, 0.1) is 0 Å². The van der Waals surface area contributed by atoms with Gasteiger partial charge in [0.2, 0.25) is 0 Å². The standard InChI is InChI=1S/C18H20N2O4/c1-3-8-19-15-14-13(17(21)20-18(14)22)11-6-4-5-7-12(11)16(15)24-10-9-23-2/h4-7,19H,3,8-10H2,1-2H3,(H,20,21,22). The maximum absolute atomic E-state index is 12.3. The van der Waals surface area contributed by atoms with Gasteiger partial charge in [0.05, 0.1) is 23.4 Å². The van der Waals surface area contributed by atoms with Crippen molar-refractivity contribution in [2.45, 2.75) is 13.3 Å². The Labute approximate surface area is 140 Å². The van der Waals surface area contributed by atoms with Crippen molar-refractivity contribution in [2.75, 3.05) is 32.2 Å². The number of fused-ring (bicyclic) bond motifs is 3. The van der Waals surface area contributed by atoms with Gasteiger partial charge < -0.3 is 14.8 Å². The number of carbonyl (C=O) groups excluding carboxylic acids is 2. The van der Waals surface area contributed by atoms with E-state index in [0.717, 1.165) is 11.8 Å². The van der Waals surface area contributed by atoms with Gasteiger partial charge in [-0.1, -0.05) is 31.2 Å². The number of hydrogen-bond donors (Lipinski definition) is 2. The topological polar surface area (TPSA) is 76.7 Å². The molecule has 1 heterocycles. The van der Waals surface area contributed by atoms with Gasteiger partial charge in [0.15, 0.2) is 5.75 Å². The maximum Gasteiger partial charge on any atom is 0.261 e. The molecule has 2 amide bonds. The van der Waals surface area contributed by atoms with E-state index in [-0.39, 0.29) is 5.91 Å². The van der Waals surface area contributed by atoms with Crippen molar-refractivity contribution in [1.29, 1.82) is 0 Å². The monoisotopic (exact) mass is 328 g/mol. The highest BCUT2D eigenvalue weighted by atomic mass is 16.5. The number of anilines is 1. The van der Waals surface area contributed by atoms with Crippen LogP contribution in [0.3, 0.4) is 0 Å². The Morgan fingerprint density at radius 3 is 2.46 bits per heavy atom. The Bertz CT molecular complexity index is 801. The van der Waals surface area contributed by atoms with Gasteiger partial charge in [-0.3, -0.25) is 14.9 Å². The van der Waals surface area contributed by atoms with E-state index in [1.807, 2.05) is 31.2 Å². The molecule has 0 atom stereocenters. The minimum Gasteiger partial charge on any atom is -0.488 e. The van der Waals surface area contributed by atoms with Gasteiger partial charge in [-0.2, -0.15) is 0 Å². The molecule has 1 aliphatic rings. The van der Waals surface area contributed by atoms with Crippen LogP contribution in [0.4, 0.5) is 5.69 Å². The zero-order valence-electron chi connectivity index (χ0n) is 13.8. The number of imide groups is 1. The first-order valence-electron chi connectivity index (χ1n) is 7.99. The van der Waals surface area contributed by atoms with Crippen molar-refractivity contribution >= 4 is 28.3 Å². The fraction of sp³-hybridized carbons (Fsp3) is 0.333. The SMILES string of the molecule is CCCNc1c2c(c3ccccc3c1OCCOC)C(=O)NC2=O. The summed E-state index contributed by atoms with van der Waals surface area (Å²) in [6.07, 6.45) is 0.884. The minimum atomic E-state index is -0.393. The van der Waals surface area contributed by atoms with Crippen molar-refractivity contribution in [3.63, 3.8) is 0 Å². The van der Waals surface area contributed by atoms with Gasteiger partial charge in [-0.15, -0.1) is 0 Å². The summed E-state index contributed by atoms with van der Waals surface area (Å²) in [6.45, 7) is 3.50. The Morgan fingerprint density at radius 2 is 1.75 bits per heavy atom. The summed E-state index contributed by atoms with van der Waals surface area (Å²) in [5.41, 5.74) is 1.35. The predicted octanol–water partition coefficient (Wildman–Crippen LogP) is 2.57. The highest BCUT2D eigenvalue weighted by molar-refractivity contribution is 6.30. The normalized spacial score (nSPS) is 13.1. The summed E-state index contributed by atoms with van der Waals surface area (Å²) in [7, 11) is 1.60. The van der Waals surface area contributed by atoms with Crippen LogP contribution in [-0.2, 0) is 4.74 Å². The van der Waals surface area contributed by atoms with Gasteiger partial charge in [0.25, 0.3) is 11.8 Å². The number of benzene rings is 2. The zero-order chi connectivity index (χ0) is 17.1. The van der Waals surface area contributed by atoms with Gasteiger partial charge in [-0.25, -0.2) is 0 Å². The second-order valence-electron chi connectivity index (χ2n) is 5.55. The number of rotatable bonds is 7. The highest BCUT2D eigenvalue weighted by Gasteiger charge is 2.34. The minimum absolute atomic E-state index is 0.357. The molecule has 2 aromatic carbocycles. The van der Waals surface area contributed by atoms with E-state index in [1.165, 1.54) is 0 Å². The van der Waals surface area contributed by atoms with Gasteiger partial charge in [-0.05, 0) is 11.8 Å². The molecule has 0 bridgehead atoms. The molecule has 0 saturated carbocycles. The van der Waals surface area contributed by atoms with Crippen LogP contribution < -0.4 is 15.4 Å². The third-order valence-corrected chi connectivity index (χ3v) is 3.93. The summed E-state index contributed by atoms with van der Waals surface area (Å²) >= 11 is 0. The molecule has 6 heteroatoms. The van der Waals surface area contributed by atoms with Crippen molar-refractivity contribution in [3.05, 3.63) is 35.4 Å². The molecule has 0 fully saturated rings. The Hall–Kier alpha value is -2.60. The number of nitrogens with one attached hydrogen (secondary N) is 2. The van der Waals surface area contributed by atoms with Crippen LogP contribution in [0.2, 0.25) is 0 Å². The molecule has 2 N–H and O–H groups in total. The van der Waals surface area contributed by atoms with Crippen molar-refractivity contribution in [1.82, 2.24) is 5.32 Å². The molecule has 3 rings (SSSR count). The molecular formula is C18H20N2O4. The zero-order valence-corrected chi connectivity index (χ0v) is 13.8. The van der Waals surface area contributed by atoms with E-state index >= 15 is 0 Å². The van der Waals surface area contributed by atoms with Gasteiger partial charge >= 0.3 is 0 Å². The van der Waals surface area contributed by atoms with E-state index in [2.05, 4.69) is 10.6 Å². The summed E-state index contributed by atoms with van der Waals surface area (Å²) in [4.78, 5) is 24.6. The number of hydrogen-bond acceptors (Lipinski definition) is 5. The second kappa shape index (κ2) is 6.88. The Kier molecular flexibility index (Phi) is 4.66. The highest BCUT2D eigenvalue weighted by Crippen LogP contribution is 2.42. The van der Waals surface area contributed by atoms with Gasteiger partial charge in [0.1, 0.15) is 6.61 Å².